The Morgan fingerprint density at radius 1 is 0.630 bits per heavy atom. The topological polar surface area (TPSA) is 74.6 Å². The summed E-state index contributed by atoms with van der Waals surface area (Å²) >= 11 is 0. The van der Waals surface area contributed by atoms with Crippen molar-refractivity contribution < 1.29 is 19.8 Å². The van der Waals surface area contributed by atoms with Crippen LogP contribution in [-0.4, -0.2) is 51.7 Å². The van der Waals surface area contributed by atoms with Gasteiger partial charge in [-0.05, 0) is 12.8 Å². The first kappa shape index (κ1) is 28.9. The van der Waals surface area contributed by atoms with E-state index in [4.69, 9.17) is 10.2 Å². The number of carboxylic acid groups (broad SMARTS) is 2. The molecule has 0 aliphatic rings. The van der Waals surface area contributed by atoms with Gasteiger partial charge in [0.1, 0.15) is 0 Å². The molecule has 0 spiro atoms. The fourth-order valence-corrected chi connectivity index (χ4v) is 3.25. The SMILES string of the molecule is CCCCCCCCCCCCCCCCCC/C(=C/C(=O)O)C(=O)O.[NaH]. The normalized spacial score (nSPS) is 11.2. The summed E-state index contributed by atoms with van der Waals surface area (Å²) < 4.78 is 0. The van der Waals surface area contributed by atoms with Gasteiger partial charge in [0.15, 0.2) is 0 Å². The summed E-state index contributed by atoms with van der Waals surface area (Å²) in [5, 5.41) is 17.5. The summed E-state index contributed by atoms with van der Waals surface area (Å²) in [5.74, 6) is -2.30. The van der Waals surface area contributed by atoms with Crippen molar-refractivity contribution in [3.05, 3.63) is 11.6 Å². The molecule has 0 saturated heterocycles. The molecule has 0 atom stereocenters. The van der Waals surface area contributed by atoms with E-state index in [1.165, 1.54) is 83.5 Å². The summed E-state index contributed by atoms with van der Waals surface area (Å²) in [6.07, 6.45) is 21.6. The maximum absolute atomic E-state index is 10.9. The average Bonchev–Trinajstić information content (AvgIpc) is 2.59. The van der Waals surface area contributed by atoms with Gasteiger partial charge in [-0.1, -0.05) is 103 Å². The van der Waals surface area contributed by atoms with Gasteiger partial charge in [0.05, 0.1) is 0 Å². The Bertz CT molecular complexity index is 394. The Morgan fingerprint density at radius 2 is 0.963 bits per heavy atom. The predicted octanol–water partition coefficient (Wildman–Crippen LogP) is 6.09. The molecule has 0 amide bonds. The third-order valence-corrected chi connectivity index (χ3v) is 4.87. The second kappa shape index (κ2) is 22.0. The first-order valence-electron chi connectivity index (χ1n) is 10.7. The van der Waals surface area contributed by atoms with Crippen LogP contribution in [0.15, 0.2) is 11.6 Å². The molecule has 0 rings (SSSR count). The number of rotatable bonds is 19. The van der Waals surface area contributed by atoms with Gasteiger partial charge in [-0.25, -0.2) is 9.59 Å². The van der Waals surface area contributed by atoms with E-state index in [0.717, 1.165) is 25.3 Å². The summed E-state index contributed by atoms with van der Waals surface area (Å²) in [7, 11) is 0. The van der Waals surface area contributed by atoms with Gasteiger partial charge in [-0.3, -0.25) is 0 Å². The molecular formula is C22H41NaO4. The zero-order valence-electron chi connectivity index (χ0n) is 16.8. The summed E-state index contributed by atoms with van der Waals surface area (Å²) in [4.78, 5) is 21.4. The van der Waals surface area contributed by atoms with Crippen molar-refractivity contribution in [2.45, 2.75) is 116 Å². The molecule has 2 N–H and O–H groups in total. The van der Waals surface area contributed by atoms with Gasteiger partial charge < -0.3 is 10.2 Å². The van der Waals surface area contributed by atoms with Gasteiger partial charge in [-0.15, -0.1) is 0 Å². The van der Waals surface area contributed by atoms with Gasteiger partial charge >= 0.3 is 41.5 Å². The van der Waals surface area contributed by atoms with Crippen LogP contribution in [0.2, 0.25) is 0 Å². The molecule has 5 heteroatoms. The maximum atomic E-state index is 10.9. The predicted molar refractivity (Wildman–Crippen MR) is 115 cm³/mol. The monoisotopic (exact) mass is 392 g/mol. The van der Waals surface area contributed by atoms with E-state index in [0.29, 0.717) is 6.42 Å². The summed E-state index contributed by atoms with van der Waals surface area (Å²) in [6, 6.07) is 0. The average molecular weight is 393 g/mol. The van der Waals surface area contributed by atoms with Crippen LogP contribution >= 0.6 is 0 Å². The van der Waals surface area contributed by atoms with Crippen LogP contribution in [0.5, 0.6) is 0 Å². The molecule has 0 heterocycles. The zero-order chi connectivity index (χ0) is 19.5. The van der Waals surface area contributed by atoms with Crippen molar-refractivity contribution in [2.75, 3.05) is 0 Å². The van der Waals surface area contributed by atoms with Gasteiger partial charge in [-0.2, -0.15) is 0 Å². The molecule has 0 aromatic carbocycles. The first-order chi connectivity index (χ1) is 12.6. The van der Waals surface area contributed by atoms with E-state index in [9.17, 15) is 9.59 Å². The van der Waals surface area contributed by atoms with Crippen LogP contribution in [0, 0.1) is 0 Å². The summed E-state index contributed by atoms with van der Waals surface area (Å²) in [6.45, 7) is 2.26. The Morgan fingerprint density at radius 3 is 1.26 bits per heavy atom. The molecule has 4 nitrogen and oxygen atoms in total. The van der Waals surface area contributed by atoms with Crippen molar-refractivity contribution in [3.8, 4) is 0 Å². The van der Waals surface area contributed by atoms with Crippen molar-refractivity contribution in [2.24, 2.45) is 0 Å². The van der Waals surface area contributed by atoms with Crippen molar-refractivity contribution in [3.63, 3.8) is 0 Å². The third-order valence-electron chi connectivity index (χ3n) is 4.87. The van der Waals surface area contributed by atoms with E-state index in [1.807, 2.05) is 0 Å². The molecule has 0 fully saturated rings. The van der Waals surface area contributed by atoms with Crippen LogP contribution in [-0.2, 0) is 9.59 Å². The van der Waals surface area contributed by atoms with E-state index < -0.39 is 11.9 Å². The first-order valence-corrected chi connectivity index (χ1v) is 10.7. The van der Waals surface area contributed by atoms with Crippen LogP contribution in [0.1, 0.15) is 116 Å². The Balaban J connectivity index is 0. The van der Waals surface area contributed by atoms with Gasteiger partial charge in [0, 0.05) is 11.6 Å². The molecule has 0 aliphatic carbocycles. The van der Waals surface area contributed by atoms with E-state index in [-0.39, 0.29) is 35.1 Å². The van der Waals surface area contributed by atoms with E-state index in [1.54, 1.807) is 0 Å². The Labute approximate surface area is 188 Å². The van der Waals surface area contributed by atoms with Crippen LogP contribution in [0.3, 0.4) is 0 Å². The molecule has 27 heavy (non-hydrogen) atoms. The quantitative estimate of drug-likeness (QED) is 0.159. The van der Waals surface area contributed by atoms with Crippen molar-refractivity contribution in [1.29, 1.82) is 0 Å². The molecule has 0 bridgehead atoms. The van der Waals surface area contributed by atoms with E-state index >= 15 is 0 Å². The van der Waals surface area contributed by atoms with Crippen molar-refractivity contribution >= 4 is 41.5 Å². The molecule has 0 radical (unpaired) electrons. The standard InChI is InChI=1S/C22H40O4.Na.H/c1-2-3-4-5-6-7-8-9-10-11-12-13-14-15-16-17-18-20(22(25)26)19-21(23)24;;/h19H,2-18H2,1H3,(H,23,24)(H,25,26);;/b20-19-;;. The van der Waals surface area contributed by atoms with Crippen LogP contribution in [0.4, 0.5) is 0 Å². The number of hydrogen-bond acceptors (Lipinski definition) is 2. The molecular weight excluding hydrogens is 351 g/mol. The number of hydrogen-bond donors (Lipinski definition) is 2. The number of carbonyl (C=O) groups is 2. The molecule has 0 saturated carbocycles. The molecule has 0 unspecified atom stereocenters. The Kier molecular flexibility index (Phi) is 23.5. The number of aliphatic carboxylic acids is 2. The van der Waals surface area contributed by atoms with Gasteiger partial charge in [0.25, 0.3) is 0 Å². The van der Waals surface area contributed by atoms with E-state index in [2.05, 4.69) is 6.92 Å². The number of unbranched alkanes of at least 4 members (excludes halogenated alkanes) is 15. The molecule has 154 valence electrons. The zero-order valence-corrected chi connectivity index (χ0v) is 16.8. The molecule has 0 aromatic rings. The number of carboxylic acids is 2. The molecule has 0 aromatic heterocycles. The van der Waals surface area contributed by atoms with Crippen molar-refractivity contribution in [1.82, 2.24) is 0 Å². The van der Waals surface area contributed by atoms with Gasteiger partial charge in [0.2, 0.25) is 0 Å². The van der Waals surface area contributed by atoms with Crippen LogP contribution in [0.25, 0.3) is 0 Å². The molecule has 0 aliphatic heterocycles. The second-order valence-corrected chi connectivity index (χ2v) is 7.37. The minimum absolute atomic E-state index is 0. The third kappa shape index (κ3) is 21.8. The summed E-state index contributed by atoms with van der Waals surface area (Å²) in [5.41, 5.74) is 0.00265. The fourth-order valence-electron chi connectivity index (χ4n) is 3.25. The minimum atomic E-state index is -1.18. The fraction of sp³-hybridized carbons (Fsp3) is 0.818. The Hall–Kier alpha value is -0.320. The van der Waals surface area contributed by atoms with Crippen LogP contribution < -0.4 is 0 Å². The second-order valence-electron chi connectivity index (χ2n) is 7.37.